The molecule has 0 saturated heterocycles. The lowest BCUT2D eigenvalue weighted by Crippen LogP contribution is -2.26. The number of aryl methyl sites for hydroxylation is 1. The van der Waals surface area contributed by atoms with Crippen molar-refractivity contribution in [2.45, 2.75) is 20.4 Å². The van der Waals surface area contributed by atoms with Gasteiger partial charge in [0.1, 0.15) is 5.56 Å². The average Bonchev–Trinajstić information content (AvgIpc) is 3.02. The Labute approximate surface area is 165 Å². The smallest absolute Gasteiger partial charge is 0.341 e. The minimum atomic E-state index is -1.30. The molecule has 0 atom stereocenters. The quantitative estimate of drug-likeness (QED) is 0.703. The zero-order valence-corrected chi connectivity index (χ0v) is 16.5. The van der Waals surface area contributed by atoms with Crippen molar-refractivity contribution in [2.75, 3.05) is 0 Å². The van der Waals surface area contributed by atoms with Crippen LogP contribution in [0.2, 0.25) is 10.0 Å². The second-order valence-corrected chi connectivity index (χ2v) is 6.85. The van der Waals surface area contributed by atoms with Crippen LogP contribution in [-0.2, 0) is 13.6 Å². The number of halogens is 2. The molecule has 140 valence electrons. The Morgan fingerprint density at radius 1 is 1.22 bits per heavy atom. The molecule has 0 amide bonds. The fraction of sp³-hybridized carbons (Fsp3) is 0.211. The molecule has 0 unspecified atom stereocenters. The second-order valence-electron chi connectivity index (χ2n) is 6.03. The van der Waals surface area contributed by atoms with E-state index in [0.29, 0.717) is 39.8 Å². The Kier molecular flexibility index (Phi) is 5.13. The van der Waals surface area contributed by atoms with Crippen molar-refractivity contribution in [3.05, 3.63) is 62.0 Å². The highest BCUT2D eigenvalue weighted by Crippen LogP contribution is 2.32. The number of carboxylic acid groups (broad SMARTS) is 1. The van der Waals surface area contributed by atoms with Gasteiger partial charge < -0.3 is 9.67 Å². The van der Waals surface area contributed by atoms with E-state index in [0.717, 1.165) is 0 Å². The van der Waals surface area contributed by atoms with Gasteiger partial charge in [0, 0.05) is 31.0 Å². The van der Waals surface area contributed by atoms with Gasteiger partial charge in [-0.25, -0.2) is 4.79 Å². The Morgan fingerprint density at radius 2 is 1.93 bits per heavy atom. The molecule has 8 heteroatoms. The molecule has 0 bridgehead atoms. The van der Waals surface area contributed by atoms with E-state index in [2.05, 4.69) is 5.10 Å². The summed E-state index contributed by atoms with van der Waals surface area (Å²) in [5.74, 6) is -1.30. The molecule has 1 aromatic carbocycles. The highest BCUT2D eigenvalue weighted by Gasteiger charge is 2.26. The highest BCUT2D eigenvalue weighted by molar-refractivity contribution is 6.42. The number of aromatic nitrogens is 3. The van der Waals surface area contributed by atoms with E-state index in [1.807, 2.05) is 6.92 Å². The van der Waals surface area contributed by atoms with Crippen molar-refractivity contribution in [3.8, 4) is 22.5 Å². The molecule has 0 saturated carbocycles. The summed E-state index contributed by atoms with van der Waals surface area (Å²) in [6, 6.07) is 6.50. The molecule has 2 aromatic heterocycles. The van der Waals surface area contributed by atoms with Gasteiger partial charge in [-0.2, -0.15) is 5.10 Å². The summed E-state index contributed by atoms with van der Waals surface area (Å²) in [4.78, 5) is 25.3. The van der Waals surface area contributed by atoms with E-state index < -0.39 is 11.4 Å². The lowest BCUT2D eigenvalue weighted by Gasteiger charge is -2.21. The van der Waals surface area contributed by atoms with E-state index in [9.17, 15) is 14.7 Å². The van der Waals surface area contributed by atoms with Crippen molar-refractivity contribution >= 4 is 29.2 Å². The van der Waals surface area contributed by atoms with Crippen LogP contribution in [-0.4, -0.2) is 25.4 Å². The van der Waals surface area contributed by atoms with E-state index in [1.54, 1.807) is 53.7 Å². The van der Waals surface area contributed by atoms with Gasteiger partial charge in [0.2, 0.25) is 5.43 Å². The average molecular weight is 406 g/mol. The number of aromatic carboxylic acids is 1. The first-order valence-corrected chi connectivity index (χ1v) is 8.98. The van der Waals surface area contributed by atoms with Gasteiger partial charge >= 0.3 is 5.97 Å². The summed E-state index contributed by atoms with van der Waals surface area (Å²) < 4.78 is 3.35. The van der Waals surface area contributed by atoms with E-state index >= 15 is 0 Å². The van der Waals surface area contributed by atoms with Crippen molar-refractivity contribution in [3.63, 3.8) is 0 Å². The summed E-state index contributed by atoms with van der Waals surface area (Å²) in [7, 11) is 1.71. The predicted octanol–water partition coefficient (Wildman–Crippen LogP) is 4.25. The van der Waals surface area contributed by atoms with Gasteiger partial charge in [-0.05, 0) is 32.0 Å². The molecule has 0 aliphatic rings. The molecule has 27 heavy (non-hydrogen) atoms. The van der Waals surface area contributed by atoms with Crippen molar-refractivity contribution in [1.82, 2.24) is 14.3 Å². The summed E-state index contributed by atoms with van der Waals surface area (Å²) >= 11 is 12.1. The third-order valence-corrected chi connectivity index (χ3v) is 5.27. The molecule has 6 nitrogen and oxygen atoms in total. The number of rotatable bonds is 4. The van der Waals surface area contributed by atoms with Crippen LogP contribution in [0, 0.1) is 6.92 Å². The molecule has 3 rings (SSSR count). The maximum atomic E-state index is 13.2. The second kappa shape index (κ2) is 7.21. The first-order valence-electron chi connectivity index (χ1n) is 8.22. The van der Waals surface area contributed by atoms with Crippen LogP contribution in [0.5, 0.6) is 0 Å². The molecule has 1 N–H and O–H groups in total. The maximum absolute atomic E-state index is 13.2. The predicted molar refractivity (Wildman–Crippen MR) is 106 cm³/mol. The lowest BCUT2D eigenvalue weighted by atomic mass is 9.98. The first kappa shape index (κ1) is 19.2. The number of nitrogens with zero attached hydrogens (tertiary/aromatic N) is 3. The number of hydrogen-bond donors (Lipinski definition) is 1. The minimum Gasteiger partial charge on any atom is -0.477 e. The molecule has 0 radical (unpaired) electrons. The van der Waals surface area contributed by atoms with Gasteiger partial charge in [0.15, 0.2) is 0 Å². The van der Waals surface area contributed by atoms with Gasteiger partial charge in [-0.15, -0.1) is 0 Å². The summed E-state index contributed by atoms with van der Waals surface area (Å²) in [5.41, 5.74) is 1.47. The van der Waals surface area contributed by atoms with E-state index in [1.165, 1.54) is 0 Å². The number of benzene rings is 1. The first-order chi connectivity index (χ1) is 12.8. The minimum absolute atomic E-state index is 0.286. The maximum Gasteiger partial charge on any atom is 0.341 e. The van der Waals surface area contributed by atoms with Crippen molar-refractivity contribution < 1.29 is 9.90 Å². The largest absolute Gasteiger partial charge is 0.477 e. The Morgan fingerprint density at radius 3 is 2.44 bits per heavy atom. The monoisotopic (exact) mass is 405 g/mol. The molecular weight excluding hydrogens is 389 g/mol. The van der Waals surface area contributed by atoms with Gasteiger partial charge in [0.05, 0.1) is 27.0 Å². The van der Waals surface area contributed by atoms with Crippen LogP contribution in [0.1, 0.15) is 23.0 Å². The third kappa shape index (κ3) is 3.15. The Hall–Kier alpha value is -2.57. The molecule has 2 heterocycles. The molecular formula is C19H17Cl2N3O3. The summed E-state index contributed by atoms with van der Waals surface area (Å²) in [6.45, 7) is 4.14. The van der Waals surface area contributed by atoms with Crippen LogP contribution in [0.15, 0.2) is 35.3 Å². The van der Waals surface area contributed by atoms with E-state index in [4.69, 9.17) is 23.2 Å². The molecule has 0 spiro atoms. The number of carboxylic acids is 1. The third-order valence-electron chi connectivity index (χ3n) is 4.53. The topological polar surface area (TPSA) is 77.1 Å². The zero-order valence-electron chi connectivity index (χ0n) is 15.0. The van der Waals surface area contributed by atoms with Crippen LogP contribution >= 0.6 is 23.2 Å². The Balaban J connectivity index is 2.48. The summed E-state index contributed by atoms with van der Waals surface area (Å²) in [6.07, 6.45) is 1.57. The van der Waals surface area contributed by atoms with Crippen LogP contribution in [0.4, 0.5) is 0 Å². The van der Waals surface area contributed by atoms with Gasteiger partial charge in [-0.3, -0.25) is 9.48 Å². The van der Waals surface area contributed by atoms with Crippen LogP contribution < -0.4 is 5.43 Å². The zero-order chi connectivity index (χ0) is 19.9. The van der Waals surface area contributed by atoms with Crippen molar-refractivity contribution in [1.29, 1.82) is 0 Å². The van der Waals surface area contributed by atoms with Gasteiger partial charge in [0.25, 0.3) is 0 Å². The van der Waals surface area contributed by atoms with Gasteiger partial charge in [-0.1, -0.05) is 29.3 Å². The SMILES string of the molecule is CCn1c(C)c(-c2ccnn2C)c(=O)c(C(=O)O)c1-c1ccc(Cl)c(Cl)c1. The molecule has 0 aliphatic carbocycles. The highest BCUT2D eigenvalue weighted by atomic mass is 35.5. The number of pyridine rings is 1. The molecule has 0 aliphatic heterocycles. The van der Waals surface area contributed by atoms with Crippen LogP contribution in [0.3, 0.4) is 0 Å². The standard InChI is InChI=1S/C19H17Cl2N3O3/c1-4-24-10(2)15(14-7-8-22-23(14)3)18(25)16(19(26)27)17(24)11-5-6-12(20)13(21)9-11/h5-9H,4H2,1-3H3,(H,26,27). The fourth-order valence-corrected chi connectivity index (χ4v) is 3.59. The lowest BCUT2D eigenvalue weighted by molar-refractivity contribution is 0.0695. The van der Waals surface area contributed by atoms with E-state index in [-0.39, 0.29) is 10.6 Å². The molecule has 0 fully saturated rings. The fourth-order valence-electron chi connectivity index (χ4n) is 3.29. The normalized spacial score (nSPS) is 11.0. The Bertz CT molecular complexity index is 1120. The number of carbonyl (C=O) groups is 1. The number of hydrogen-bond acceptors (Lipinski definition) is 3. The van der Waals surface area contributed by atoms with Crippen molar-refractivity contribution in [2.24, 2.45) is 7.05 Å². The molecule has 3 aromatic rings. The summed E-state index contributed by atoms with van der Waals surface area (Å²) in [5, 5.41) is 14.6. The van der Waals surface area contributed by atoms with Crippen LogP contribution in [0.25, 0.3) is 22.5 Å².